The minimum atomic E-state index is -0.239. The van der Waals surface area contributed by atoms with E-state index in [1.165, 1.54) is 0 Å². The van der Waals surface area contributed by atoms with Gasteiger partial charge in [-0.1, -0.05) is 4.49 Å². The third-order valence-corrected chi connectivity index (χ3v) is 4.41. The maximum atomic E-state index is 12.2. The second-order valence-electron chi connectivity index (χ2n) is 5.47. The standard InChI is InChI=1S/C17H13N7O2S/c1-11-16(27-23-20-11)17(25)19-12-2-4-13(5-3-12)26-15-7-6-14(21-22-15)24-9-8-18-10-24/h2-10H,1H3,(H,19,25). The number of hydrogen-bond donors (Lipinski definition) is 1. The highest BCUT2D eigenvalue weighted by atomic mass is 32.1. The molecule has 0 saturated heterocycles. The van der Waals surface area contributed by atoms with Crippen molar-refractivity contribution in [3.63, 3.8) is 0 Å². The average Bonchev–Trinajstić information content (AvgIpc) is 3.36. The molecule has 4 rings (SSSR count). The molecule has 0 unspecified atom stereocenters. The van der Waals surface area contributed by atoms with Crippen molar-refractivity contribution < 1.29 is 9.53 Å². The molecule has 0 radical (unpaired) electrons. The summed E-state index contributed by atoms with van der Waals surface area (Å²) in [7, 11) is 0. The van der Waals surface area contributed by atoms with Crippen LogP contribution in [-0.2, 0) is 0 Å². The van der Waals surface area contributed by atoms with Gasteiger partial charge in [-0.25, -0.2) is 4.98 Å². The monoisotopic (exact) mass is 379 g/mol. The lowest BCUT2D eigenvalue weighted by Crippen LogP contribution is -2.11. The first-order valence-corrected chi connectivity index (χ1v) is 8.67. The van der Waals surface area contributed by atoms with Crippen LogP contribution in [-0.4, -0.2) is 35.2 Å². The molecule has 3 heterocycles. The number of aryl methyl sites for hydroxylation is 1. The van der Waals surface area contributed by atoms with Gasteiger partial charge < -0.3 is 10.1 Å². The van der Waals surface area contributed by atoms with Crippen molar-refractivity contribution in [3.8, 4) is 17.4 Å². The van der Waals surface area contributed by atoms with E-state index in [-0.39, 0.29) is 5.91 Å². The zero-order valence-corrected chi connectivity index (χ0v) is 14.9. The second kappa shape index (κ2) is 7.30. The van der Waals surface area contributed by atoms with Gasteiger partial charge in [-0.05, 0) is 48.8 Å². The van der Waals surface area contributed by atoms with Crippen LogP contribution < -0.4 is 10.1 Å². The topological polar surface area (TPSA) is 108 Å². The van der Waals surface area contributed by atoms with Crippen LogP contribution in [0.4, 0.5) is 5.69 Å². The zero-order chi connectivity index (χ0) is 18.6. The van der Waals surface area contributed by atoms with Crippen LogP contribution >= 0.6 is 11.5 Å². The normalized spacial score (nSPS) is 10.6. The lowest BCUT2D eigenvalue weighted by atomic mass is 10.3. The number of imidazole rings is 1. The third kappa shape index (κ3) is 3.80. The molecular formula is C17H13N7O2S. The van der Waals surface area contributed by atoms with E-state index in [0.717, 1.165) is 11.5 Å². The van der Waals surface area contributed by atoms with Gasteiger partial charge >= 0.3 is 0 Å². The van der Waals surface area contributed by atoms with Gasteiger partial charge in [-0.2, -0.15) is 0 Å². The van der Waals surface area contributed by atoms with Gasteiger partial charge in [0.2, 0.25) is 5.88 Å². The Morgan fingerprint density at radius 3 is 2.59 bits per heavy atom. The van der Waals surface area contributed by atoms with Gasteiger partial charge in [0.25, 0.3) is 5.91 Å². The first kappa shape index (κ1) is 16.8. The van der Waals surface area contributed by atoms with Crippen LogP contribution in [0.2, 0.25) is 0 Å². The Morgan fingerprint density at radius 2 is 1.96 bits per heavy atom. The number of carbonyl (C=O) groups is 1. The van der Waals surface area contributed by atoms with Crippen LogP contribution in [0.5, 0.6) is 11.6 Å². The summed E-state index contributed by atoms with van der Waals surface area (Å²) in [5.41, 5.74) is 1.25. The first-order valence-electron chi connectivity index (χ1n) is 7.89. The van der Waals surface area contributed by atoms with Gasteiger partial charge in [0, 0.05) is 24.1 Å². The van der Waals surface area contributed by atoms with Crippen LogP contribution in [0.1, 0.15) is 15.4 Å². The van der Waals surface area contributed by atoms with Crippen molar-refractivity contribution in [1.29, 1.82) is 0 Å². The van der Waals surface area contributed by atoms with E-state index in [1.807, 2.05) is 0 Å². The van der Waals surface area contributed by atoms with E-state index in [2.05, 4.69) is 30.1 Å². The molecule has 1 aromatic carbocycles. The average molecular weight is 379 g/mol. The SMILES string of the molecule is Cc1nnsc1C(=O)Nc1ccc(Oc2ccc(-n3ccnc3)nn2)cc1. The molecule has 0 spiro atoms. The predicted molar refractivity (Wildman–Crippen MR) is 98.3 cm³/mol. The molecule has 10 heteroatoms. The van der Waals surface area contributed by atoms with Crippen molar-refractivity contribution >= 4 is 23.1 Å². The van der Waals surface area contributed by atoms with Gasteiger partial charge in [0.15, 0.2) is 5.82 Å². The van der Waals surface area contributed by atoms with Crippen LogP contribution in [0.3, 0.4) is 0 Å². The molecule has 27 heavy (non-hydrogen) atoms. The smallest absolute Gasteiger partial charge is 0.269 e. The van der Waals surface area contributed by atoms with Crippen molar-refractivity contribution in [2.45, 2.75) is 6.92 Å². The fourth-order valence-corrected chi connectivity index (χ4v) is 2.81. The summed E-state index contributed by atoms with van der Waals surface area (Å²) in [4.78, 5) is 16.6. The Morgan fingerprint density at radius 1 is 1.11 bits per heavy atom. The maximum Gasteiger partial charge on any atom is 0.269 e. The van der Waals surface area contributed by atoms with E-state index in [0.29, 0.717) is 33.7 Å². The van der Waals surface area contributed by atoms with Crippen molar-refractivity contribution in [2.24, 2.45) is 0 Å². The largest absolute Gasteiger partial charge is 0.438 e. The fourth-order valence-electron chi connectivity index (χ4n) is 2.25. The number of nitrogens with zero attached hydrogens (tertiary/aromatic N) is 6. The molecule has 0 saturated carbocycles. The zero-order valence-electron chi connectivity index (χ0n) is 14.1. The highest BCUT2D eigenvalue weighted by Crippen LogP contribution is 2.22. The molecule has 134 valence electrons. The van der Waals surface area contributed by atoms with Gasteiger partial charge in [-0.3, -0.25) is 9.36 Å². The molecule has 4 aromatic rings. The van der Waals surface area contributed by atoms with Crippen molar-refractivity contribution in [3.05, 3.63) is 65.7 Å². The molecule has 0 aliphatic carbocycles. The van der Waals surface area contributed by atoms with E-state index >= 15 is 0 Å². The third-order valence-electron chi connectivity index (χ3n) is 3.59. The second-order valence-corrected chi connectivity index (χ2v) is 6.22. The summed E-state index contributed by atoms with van der Waals surface area (Å²) in [6.45, 7) is 1.74. The maximum absolute atomic E-state index is 12.2. The molecule has 0 bridgehead atoms. The quantitative estimate of drug-likeness (QED) is 0.568. The molecule has 0 aliphatic rings. The Kier molecular flexibility index (Phi) is 4.54. The summed E-state index contributed by atoms with van der Waals surface area (Å²) >= 11 is 1.06. The fraction of sp³-hybridized carbons (Fsp3) is 0.0588. The lowest BCUT2D eigenvalue weighted by molar-refractivity contribution is 0.103. The first-order chi connectivity index (χ1) is 13.2. The van der Waals surface area contributed by atoms with Gasteiger partial charge in [0.1, 0.15) is 17.0 Å². The molecular weight excluding hydrogens is 366 g/mol. The number of nitrogens with one attached hydrogen (secondary N) is 1. The summed E-state index contributed by atoms with van der Waals surface area (Å²) in [5, 5.41) is 14.8. The number of hydrogen-bond acceptors (Lipinski definition) is 8. The predicted octanol–water partition coefficient (Wildman–Crippen LogP) is 2.87. The van der Waals surface area contributed by atoms with Gasteiger partial charge in [0.05, 0.1) is 5.69 Å². The summed E-state index contributed by atoms with van der Waals surface area (Å²) < 4.78 is 11.2. The number of aromatic nitrogens is 6. The van der Waals surface area contributed by atoms with Crippen LogP contribution in [0.25, 0.3) is 5.82 Å². The highest BCUT2D eigenvalue weighted by molar-refractivity contribution is 7.08. The highest BCUT2D eigenvalue weighted by Gasteiger charge is 2.13. The van der Waals surface area contributed by atoms with E-state index in [9.17, 15) is 4.79 Å². The van der Waals surface area contributed by atoms with Crippen LogP contribution in [0, 0.1) is 6.92 Å². The minimum absolute atomic E-state index is 0.239. The number of ether oxygens (including phenoxy) is 1. The molecule has 0 atom stereocenters. The minimum Gasteiger partial charge on any atom is -0.438 e. The number of rotatable bonds is 5. The molecule has 3 aromatic heterocycles. The Balaban J connectivity index is 1.40. The molecule has 1 N–H and O–H groups in total. The number of benzene rings is 1. The van der Waals surface area contributed by atoms with Crippen molar-refractivity contribution in [1.82, 2.24) is 29.3 Å². The van der Waals surface area contributed by atoms with Gasteiger partial charge in [-0.15, -0.1) is 15.3 Å². The summed E-state index contributed by atoms with van der Waals surface area (Å²) in [6.07, 6.45) is 5.09. The van der Waals surface area contributed by atoms with E-state index < -0.39 is 0 Å². The summed E-state index contributed by atoms with van der Waals surface area (Å²) in [6, 6.07) is 10.5. The summed E-state index contributed by atoms with van der Waals surface area (Å²) in [5.74, 6) is 1.35. The Hall–Kier alpha value is -3.66. The van der Waals surface area contributed by atoms with E-state index in [1.54, 1.807) is 66.6 Å². The number of amides is 1. The van der Waals surface area contributed by atoms with Crippen molar-refractivity contribution in [2.75, 3.05) is 5.32 Å². The Bertz CT molecular complexity index is 1040. The number of carbonyl (C=O) groups excluding carboxylic acids is 1. The van der Waals surface area contributed by atoms with E-state index in [4.69, 9.17) is 4.74 Å². The number of anilines is 1. The molecule has 0 fully saturated rings. The molecule has 1 amide bonds. The lowest BCUT2D eigenvalue weighted by Gasteiger charge is -2.07. The molecule has 9 nitrogen and oxygen atoms in total. The molecule has 0 aliphatic heterocycles. The Labute approximate surface area is 157 Å². The van der Waals surface area contributed by atoms with Crippen LogP contribution in [0.15, 0.2) is 55.1 Å².